The second-order valence-electron chi connectivity index (χ2n) is 10.5. The molecule has 0 aliphatic heterocycles. The zero-order valence-electron chi connectivity index (χ0n) is 15.9. The molecular formula is C22H34O2. The molecule has 0 heterocycles. The number of rotatable bonds is 2. The van der Waals surface area contributed by atoms with Gasteiger partial charge in [0.2, 0.25) is 0 Å². The molecule has 2 heteroatoms. The molecule has 0 bridgehead atoms. The Morgan fingerprint density at radius 2 is 1.83 bits per heavy atom. The lowest BCUT2D eigenvalue weighted by Crippen LogP contribution is -2.57. The van der Waals surface area contributed by atoms with E-state index in [0.29, 0.717) is 28.6 Å². The summed E-state index contributed by atoms with van der Waals surface area (Å²) >= 11 is 0. The molecule has 24 heavy (non-hydrogen) atoms. The first-order valence-corrected chi connectivity index (χ1v) is 10.4. The average Bonchev–Trinajstić information content (AvgIpc) is 3.04. The van der Waals surface area contributed by atoms with Gasteiger partial charge in [-0.05, 0) is 92.8 Å². The second-order valence-corrected chi connectivity index (χ2v) is 10.5. The minimum Gasteiger partial charge on any atom is -0.381 e. The highest BCUT2D eigenvalue weighted by atomic mass is 16.5. The van der Waals surface area contributed by atoms with E-state index in [-0.39, 0.29) is 5.41 Å². The van der Waals surface area contributed by atoms with Crippen LogP contribution in [0.2, 0.25) is 0 Å². The summed E-state index contributed by atoms with van der Waals surface area (Å²) < 4.78 is 6.15. The molecule has 0 unspecified atom stereocenters. The minimum absolute atomic E-state index is 0.272. The van der Waals surface area contributed by atoms with Crippen molar-refractivity contribution in [2.24, 2.45) is 45.8 Å². The summed E-state index contributed by atoms with van der Waals surface area (Å²) in [5.41, 5.74) is 1.31. The van der Waals surface area contributed by atoms with Crippen molar-refractivity contribution in [1.82, 2.24) is 0 Å². The van der Waals surface area contributed by atoms with Crippen molar-refractivity contribution in [1.29, 1.82) is 0 Å². The van der Waals surface area contributed by atoms with E-state index in [9.17, 15) is 4.79 Å². The van der Waals surface area contributed by atoms with Gasteiger partial charge in [-0.2, -0.15) is 0 Å². The SMILES string of the molecule is CO[C@@H]1C[C@H]2[C@@H]3CC[C@H](C(C)=O)[C@@]3(C)CC[C@@H]2[C@@]2(C)CC[C@@H]3C[C@]312. The van der Waals surface area contributed by atoms with Crippen LogP contribution in [0.25, 0.3) is 0 Å². The largest absolute Gasteiger partial charge is 0.381 e. The highest BCUT2D eigenvalue weighted by Gasteiger charge is 2.77. The number of methoxy groups -OCH3 is 1. The fourth-order valence-corrected chi connectivity index (χ4v) is 9.25. The Morgan fingerprint density at radius 3 is 2.50 bits per heavy atom. The van der Waals surface area contributed by atoms with E-state index in [4.69, 9.17) is 4.74 Å². The number of ketones is 1. The molecule has 5 aliphatic rings. The Hall–Kier alpha value is -0.370. The van der Waals surface area contributed by atoms with E-state index in [2.05, 4.69) is 13.8 Å². The van der Waals surface area contributed by atoms with E-state index in [1.807, 2.05) is 14.0 Å². The maximum absolute atomic E-state index is 12.3. The van der Waals surface area contributed by atoms with Gasteiger partial charge in [0.05, 0.1) is 6.10 Å². The molecule has 5 rings (SSSR count). The first-order chi connectivity index (χ1) is 11.4. The molecule has 0 aromatic carbocycles. The summed E-state index contributed by atoms with van der Waals surface area (Å²) in [6, 6.07) is 0. The average molecular weight is 331 g/mol. The molecule has 0 radical (unpaired) electrons. The third-order valence-corrected chi connectivity index (χ3v) is 10.3. The molecule has 0 aromatic heterocycles. The van der Waals surface area contributed by atoms with Gasteiger partial charge in [0, 0.05) is 18.4 Å². The van der Waals surface area contributed by atoms with Crippen LogP contribution in [-0.2, 0) is 9.53 Å². The highest BCUT2D eigenvalue weighted by Crippen LogP contribution is 2.82. The van der Waals surface area contributed by atoms with Crippen LogP contribution in [0.4, 0.5) is 0 Å². The zero-order chi connectivity index (χ0) is 16.9. The van der Waals surface area contributed by atoms with Gasteiger partial charge in [-0.15, -0.1) is 0 Å². The Bertz CT molecular complexity index is 585. The second kappa shape index (κ2) is 4.67. The lowest BCUT2D eigenvalue weighted by Gasteiger charge is -2.60. The lowest BCUT2D eigenvalue weighted by atomic mass is 9.45. The molecule has 0 saturated heterocycles. The summed E-state index contributed by atoms with van der Waals surface area (Å²) in [4.78, 5) is 12.3. The monoisotopic (exact) mass is 330 g/mol. The first kappa shape index (κ1) is 15.9. The number of carbonyl (C=O) groups is 1. The highest BCUT2D eigenvalue weighted by molar-refractivity contribution is 5.79. The van der Waals surface area contributed by atoms with Crippen LogP contribution in [0.1, 0.15) is 72.1 Å². The Morgan fingerprint density at radius 1 is 1.04 bits per heavy atom. The number of fused-ring (bicyclic) bond motifs is 4. The summed E-state index contributed by atoms with van der Waals surface area (Å²) in [6.07, 6.45) is 11.1. The van der Waals surface area contributed by atoms with E-state index in [1.165, 1.54) is 44.9 Å². The Kier molecular flexibility index (Phi) is 3.08. The van der Waals surface area contributed by atoms with Crippen molar-refractivity contribution in [3.8, 4) is 0 Å². The van der Waals surface area contributed by atoms with Gasteiger partial charge in [-0.1, -0.05) is 13.8 Å². The van der Waals surface area contributed by atoms with Crippen LogP contribution >= 0.6 is 0 Å². The number of hydrogen-bond acceptors (Lipinski definition) is 2. The summed E-state index contributed by atoms with van der Waals surface area (Å²) in [5, 5.41) is 0. The smallest absolute Gasteiger partial charge is 0.133 e. The first-order valence-electron chi connectivity index (χ1n) is 10.4. The quantitative estimate of drug-likeness (QED) is 0.723. The molecule has 5 fully saturated rings. The van der Waals surface area contributed by atoms with Crippen molar-refractivity contribution in [3.63, 3.8) is 0 Å². The van der Waals surface area contributed by atoms with Gasteiger partial charge in [0.25, 0.3) is 0 Å². The van der Waals surface area contributed by atoms with Gasteiger partial charge < -0.3 is 4.74 Å². The Labute approximate surface area is 147 Å². The van der Waals surface area contributed by atoms with E-state index >= 15 is 0 Å². The van der Waals surface area contributed by atoms with Crippen LogP contribution < -0.4 is 0 Å². The van der Waals surface area contributed by atoms with E-state index in [1.54, 1.807) is 0 Å². The number of ether oxygens (including phenoxy) is 1. The van der Waals surface area contributed by atoms with Crippen LogP contribution in [0.5, 0.6) is 0 Å². The van der Waals surface area contributed by atoms with Gasteiger partial charge in [0.1, 0.15) is 5.78 Å². The number of carbonyl (C=O) groups excluding carboxylic acids is 1. The molecule has 2 nitrogen and oxygen atoms in total. The van der Waals surface area contributed by atoms with Gasteiger partial charge in [0.15, 0.2) is 0 Å². The van der Waals surface area contributed by atoms with Crippen molar-refractivity contribution < 1.29 is 9.53 Å². The molecule has 134 valence electrons. The van der Waals surface area contributed by atoms with Crippen LogP contribution in [-0.4, -0.2) is 19.0 Å². The number of Topliss-reactive ketones (excluding diaryl/α,β-unsaturated/α-hetero) is 1. The van der Waals surface area contributed by atoms with E-state index < -0.39 is 0 Å². The van der Waals surface area contributed by atoms with Crippen molar-refractivity contribution in [2.45, 2.75) is 78.2 Å². The molecule has 1 spiro atoms. The van der Waals surface area contributed by atoms with Crippen molar-refractivity contribution in [2.75, 3.05) is 7.11 Å². The summed E-state index contributed by atoms with van der Waals surface area (Å²) in [7, 11) is 1.96. The lowest BCUT2D eigenvalue weighted by molar-refractivity contribution is -0.161. The predicted octanol–water partition coefficient (Wildman–Crippen LogP) is 4.86. The van der Waals surface area contributed by atoms with Gasteiger partial charge >= 0.3 is 0 Å². The maximum atomic E-state index is 12.3. The number of hydrogen-bond donors (Lipinski definition) is 0. The van der Waals surface area contributed by atoms with Gasteiger partial charge in [-0.3, -0.25) is 4.79 Å². The summed E-state index contributed by atoms with van der Waals surface area (Å²) in [5.74, 6) is 4.17. The maximum Gasteiger partial charge on any atom is 0.133 e. The standard InChI is InChI=1S/C22H34O2/c1-13(23)16-5-6-17-15-11-19(24-4)22-12-14(22)7-10-21(22,3)18(15)8-9-20(16,17)2/h14-19H,5-12H2,1-4H3/t14-,15+,16-,17+,18+,19-,20-,21-,22+/m1/s1. The topological polar surface area (TPSA) is 26.3 Å². The van der Waals surface area contributed by atoms with Crippen LogP contribution in [0.3, 0.4) is 0 Å². The third-order valence-electron chi connectivity index (χ3n) is 10.3. The summed E-state index contributed by atoms with van der Waals surface area (Å²) in [6.45, 7) is 6.92. The Balaban J connectivity index is 1.53. The molecular weight excluding hydrogens is 296 g/mol. The molecule has 0 amide bonds. The van der Waals surface area contributed by atoms with Crippen molar-refractivity contribution in [3.05, 3.63) is 0 Å². The molecule has 5 aliphatic carbocycles. The fraction of sp³-hybridized carbons (Fsp3) is 0.955. The predicted molar refractivity (Wildman–Crippen MR) is 94.5 cm³/mol. The fourth-order valence-electron chi connectivity index (χ4n) is 9.25. The molecule has 0 aromatic rings. The molecule has 9 atom stereocenters. The zero-order valence-corrected chi connectivity index (χ0v) is 15.9. The van der Waals surface area contributed by atoms with E-state index in [0.717, 1.165) is 30.1 Å². The van der Waals surface area contributed by atoms with Crippen LogP contribution in [0, 0.1) is 45.8 Å². The minimum atomic E-state index is 0.272. The molecule has 5 saturated carbocycles. The van der Waals surface area contributed by atoms with Gasteiger partial charge in [-0.25, -0.2) is 0 Å². The molecule has 0 N–H and O–H groups in total. The normalized spacial score (nSPS) is 60.8. The van der Waals surface area contributed by atoms with Crippen molar-refractivity contribution >= 4 is 5.78 Å². The van der Waals surface area contributed by atoms with Crippen LogP contribution in [0.15, 0.2) is 0 Å². The third kappa shape index (κ3) is 1.57.